The van der Waals surface area contributed by atoms with Crippen molar-refractivity contribution in [2.75, 3.05) is 11.4 Å². The van der Waals surface area contributed by atoms with Crippen molar-refractivity contribution in [3.8, 4) is 0 Å². The Bertz CT molecular complexity index is 338. The van der Waals surface area contributed by atoms with Gasteiger partial charge < -0.3 is 10.4 Å². The summed E-state index contributed by atoms with van der Waals surface area (Å²) in [6, 6.07) is 11.0. The topological polar surface area (TPSA) is 34.7 Å². The third-order valence-corrected chi connectivity index (χ3v) is 4.35. The van der Waals surface area contributed by atoms with Crippen LogP contribution in [0.2, 0.25) is 0 Å². The van der Waals surface area contributed by atoms with E-state index in [1.807, 2.05) is 0 Å². The highest BCUT2D eigenvalue weighted by Crippen LogP contribution is 2.39. The van der Waals surface area contributed by atoms with Crippen LogP contribution in [0.5, 0.6) is 0 Å². The van der Waals surface area contributed by atoms with Crippen molar-refractivity contribution < 1.29 is 5.48 Å². The van der Waals surface area contributed by atoms with Crippen LogP contribution in [0.4, 0.5) is 5.69 Å². The predicted octanol–water partition coefficient (Wildman–Crippen LogP) is 4.19. The monoisotopic (exact) mass is 263 g/mol. The molecule has 0 atom stereocenters. The van der Waals surface area contributed by atoms with E-state index in [0.717, 1.165) is 0 Å². The molecule has 1 heterocycles. The Balaban J connectivity index is 0.00000180. The molecule has 0 radical (unpaired) electrons. The summed E-state index contributed by atoms with van der Waals surface area (Å²) in [7, 11) is 0. The van der Waals surface area contributed by atoms with E-state index >= 15 is 0 Å². The first kappa shape index (κ1) is 16.0. The first-order valence-electron chi connectivity index (χ1n) is 7.65. The standard InChI is InChI=1S/C17H27N.H2O/c1-3-12-17(13-4-2)14-8-9-15-18(17)16-10-6-5-7-11-16;/h5-7,10-11H,3-4,8-9,12-15H2,1-2H3;1H2. The predicted molar refractivity (Wildman–Crippen MR) is 83.8 cm³/mol. The van der Waals surface area contributed by atoms with Crippen molar-refractivity contribution in [2.24, 2.45) is 0 Å². The number of rotatable bonds is 5. The lowest BCUT2D eigenvalue weighted by atomic mass is 9.79. The van der Waals surface area contributed by atoms with Crippen LogP contribution >= 0.6 is 0 Å². The summed E-state index contributed by atoms with van der Waals surface area (Å²) in [5.74, 6) is 0. The highest BCUT2D eigenvalue weighted by molar-refractivity contribution is 5.49. The Labute approximate surface area is 118 Å². The average molecular weight is 263 g/mol. The van der Waals surface area contributed by atoms with Gasteiger partial charge in [0.25, 0.3) is 0 Å². The Morgan fingerprint density at radius 3 is 2.21 bits per heavy atom. The normalized spacial score (nSPS) is 17.9. The largest absolute Gasteiger partial charge is 0.412 e. The van der Waals surface area contributed by atoms with Crippen LogP contribution in [0.1, 0.15) is 58.8 Å². The minimum atomic E-state index is 0. The Hall–Kier alpha value is -1.02. The Morgan fingerprint density at radius 1 is 1.00 bits per heavy atom. The van der Waals surface area contributed by atoms with Gasteiger partial charge in [-0.3, -0.25) is 0 Å². The number of anilines is 1. The van der Waals surface area contributed by atoms with Crippen LogP contribution in [0, 0.1) is 0 Å². The van der Waals surface area contributed by atoms with Crippen molar-refractivity contribution in [1.82, 2.24) is 0 Å². The SMILES string of the molecule is CCCC1(CCC)CCCCN1c1ccccc1.O. The lowest BCUT2D eigenvalue weighted by molar-refractivity contribution is 0.265. The summed E-state index contributed by atoms with van der Waals surface area (Å²) in [6.45, 7) is 5.90. The van der Waals surface area contributed by atoms with Gasteiger partial charge in [0.05, 0.1) is 0 Å². The molecule has 1 aromatic carbocycles. The van der Waals surface area contributed by atoms with E-state index in [4.69, 9.17) is 0 Å². The van der Waals surface area contributed by atoms with Gasteiger partial charge in [-0.2, -0.15) is 0 Å². The molecular formula is C17H29NO. The second-order valence-electron chi connectivity index (χ2n) is 5.67. The average Bonchev–Trinajstić information content (AvgIpc) is 2.41. The highest BCUT2D eigenvalue weighted by Gasteiger charge is 2.37. The zero-order valence-electron chi connectivity index (χ0n) is 12.5. The van der Waals surface area contributed by atoms with E-state index in [2.05, 4.69) is 49.1 Å². The maximum atomic E-state index is 2.71. The molecule has 0 aromatic heterocycles. The number of para-hydroxylation sites is 1. The molecule has 0 aliphatic carbocycles. The van der Waals surface area contributed by atoms with Crippen LogP contribution < -0.4 is 4.90 Å². The molecule has 2 rings (SSSR count). The van der Waals surface area contributed by atoms with Crippen molar-refractivity contribution in [3.05, 3.63) is 30.3 Å². The number of piperidine rings is 1. The second kappa shape index (κ2) is 7.54. The van der Waals surface area contributed by atoms with Crippen LogP contribution in [0.15, 0.2) is 30.3 Å². The van der Waals surface area contributed by atoms with Gasteiger partial charge in [-0.1, -0.05) is 44.9 Å². The summed E-state index contributed by atoms with van der Waals surface area (Å²) in [5, 5.41) is 0. The maximum absolute atomic E-state index is 2.71. The first-order valence-corrected chi connectivity index (χ1v) is 7.65. The molecule has 0 amide bonds. The molecule has 2 heteroatoms. The number of hydrogen-bond donors (Lipinski definition) is 0. The summed E-state index contributed by atoms with van der Waals surface area (Å²) in [4.78, 5) is 2.71. The quantitative estimate of drug-likeness (QED) is 0.784. The van der Waals surface area contributed by atoms with Crippen molar-refractivity contribution in [2.45, 2.75) is 64.3 Å². The molecule has 2 nitrogen and oxygen atoms in total. The van der Waals surface area contributed by atoms with Gasteiger partial charge in [0.1, 0.15) is 0 Å². The molecule has 1 saturated heterocycles. The lowest BCUT2D eigenvalue weighted by Crippen LogP contribution is -2.52. The summed E-state index contributed by atoms with van der Waals surface area (Å²) >= 11 is 0. The third-order valence-electron chi connectivity index (χ3n) is 4.35. The number of hydrogen-bond acceptors (Lipinski definition) is 1. The molecule has 0 saturated carbocycles. The van der Waals surface area contributed by atoms with Gasteiger partial charge in [-0.25, -0.2) is 0 Å². The molecule has 0 spiro atoms. The Kier molecular flexibility index (Phi) is 6.36. The van der Waals surface area contributed by atoms with Gasteiger partial charge in [0.2, 0.25) is 0 Å². The van der Waals surface area contributed by atoms with Gasteiger partial charge in [0.15, 0.2) is 0 Å². The van der Waals surface area contributed by atoms with Crippen LogP contribution in [0.3, 0.4) is 0 Å². The molecule has 1 aliphatic rings. The van der Waals surface area contributed by atoms with Gasteiger partial charge >= 0.3 is 0 Å². The van der Waals surface area contributed by atoms with Gasteiger partial charge in [-0.15, -0.1) is 0 Å². The second-order valence-corrected chi connectivity index (χ2v) is 5.67. The molecule has 2 N–H and O–H groups in total. The smallest absolute Gasteiger partial charge is 0.0402 e. The fraction of sp³-hybridized carbons (Fsp3) is 0.647. The van der Waals surface area contributed by atoms with Crippen molar-refractivity contribution >= 4 is 5.69 Å². The molecule has 1 fully saturated rings. The van der Waals surface area contributed by atoms with E-state index in [1.54, 1.807) is 0 Å². The third kappa shape index (κ3) is 3.50. The van der Waals surface area contributed by atoms with E-state index in [-0.39, 0.29) is 5.48 Å². The maximum Gasteiger partial charge on any atom is 0.0402 e. The highest BCUT2D eigenvalue weighted by atomic mass is 16.0. The molecule has 1 aliphatic heterocycles. The molecule has 108 valence electrons. The molecular weight excluding hydrogens is 234 g/mol. The van der Waals surface area contributed by atoms with E-state index in [1.165, 1.54) is 57.2 Å². The minimum absolute atomic E-state index is 0. The zero-order chi connectivity index (χ0) is 12.8. The summed E-state index contributed by atoms with van der Waals surface area (Å²) < 4.78 is 0. The summed E-state index contributed by atoms with van der Waals surface area (Å²) in [6.07, 6.45) is 9.41. The number of benzene rings is 1. The molecule has 0 unspecified atom stereocenters. The number of nitrogens with zero attached hydrogens (tertiary/aromatic N) is 1. The van der Waals surface area contributed by atoms with Crippen LogP contribution in [0.25, 0.3) is 0 Å². The first-order chi connectivity index (χ1) is 8.82. The lowest BCUT2D eigenvalue weighted by Gasteiger charge is -2.49. The van der Waals surface area contributed by atoms with E-state index < -0.39 is 0 Å². The van der Waals surface area contributed by atoms with Crippen LogP contribution in [-0.4, -0.2) is 17.6 Å². The van der Waals surface area contributed by atoms with Crippen molar-refractivity contribution in [1.29, 1.82) is 0 Å². The fourth-order valence-electron chi connectivity index (χ4n) is 3.68. The van der Waals surface area contributed by atoms with Crippen LogP contribution in [-0.2, 0) is 0 Å². The minimum Gasteiger partial charge on any atom is -0.412 e. The van der Waals surface area contributed by atoms with Crippen molar-refractivity contribution in [3.63, 3.8) is 0 Å². The fourth-order valence-corrected chi connectivity index (χ4v) is 3.68. The summed E-state index contributed by atoms with van der Waals surface area (Å²) in [5.41, 5.74) is 1.86. The van der Waals surface area contributed by atoms with E-state index in [0.29, 0.717) is 5.54 Å². The zero-order valence-corrected chi connectivity index (χ0v) is 12.5. The molecule has 0 bridgehead atoms. The van der Waals surface area contributed by atoms with Gasteiger partial charge in [-0.05, 0) is 44.2 Å². The Morgan fingerprint density at radius 2 is 1.63 bits per heavy atom. The van der Waals surface area contributed by atoms with Gasteiger partial charge in [0, 0.05) is 17.8 Å². The molecule has 19 heavy (non-hydrogen) atoms. The van der Waals surface area contributed by atoms with E-state index in [9.17, 15) is 0 Å². The molecule has 1 aromatic rings.